The van der Waals surface area contributed by atoms with Crippen LogP contribution in [0.5, 0.6) is 0 Å². The van der Waals surface area contributed by atoms with Gasteiger partial charge in [-0.15, -0.1) is 0 Å². The molecule has 1 aliphatic rings. The molecule has 0 fully saturated rings. The van der Waals surface area contributed by atoms with Crippen LogP contribution in [0.3, 0.4) is 0 Å². The number of benzene rings is 1. The van der Waals surface area contributed by atoms with Gasteiger partial charge in [-0.3, -0.25) is 0 Å². The van der Waals surface area contributed by atoms with Crippen LogP contribution < -0.4 is 5.32 Å². The highest BCUT2D eigenvalue weighted by molar-refractivity contribution is 6.03. The molecule has 0 bridgehead atoms. The van der Waals surface area contributed by atoms with Crippen molar-refractivity contribution in [1.82, 2.24) is 5.32 Å². The molecule has 0 atom stereocenters. The molecule has 2 heterocycles. The van der Waals surface area contributed by atoms with Crippen LogP contribution in [0.4, 0.5) is 0 Å². The summed E-state index contributed by atoms with van der Waals surface area (Å²) in [6.07, 6.45) is 6.83. The van der Waals surface area contributed by atoms with E-state index in [1.807, 2.05) is 18.2 Å². The SMILES string of the molecule is C1=CN=C(c2ccc3cocc3c2)[N]1. The summed E-state index contributed by atoms with van der Waals surface area (Å²) < 4.78 is 5.10. The number of aliphatic imine (C=N–C) groups is 1. The predicted octanol–water partition coefficient (Wildman–Crippen LogP) is 2.27. The first-order valence-corrected chi connectivity index (χ1v) is 4.33. The summed E-state index contributed by atoms with van der Waals surface area (Å²) in [5.41, 5.74) is 1.02. The van der Waals surface area contributed by atoms with Gasteiger partial charge in [0.15, 0.2) is 5.84 Å². The zero-order valence-electron chi connectivity index (χ0n) is 7.34. The second kappa shape index (κ2) is 2.73. The smallest absolute Gasteiger partial charge is 0.159 e. The van der Waals surface area contributed by atoms with Gasteiger partial charge in [-0.2, -0.15) is 0 Å². The van der Waals surface area contributed by atoms with Crippen LogP contribution >= 0.6 is 0 Å². The van der Waals surface area contributed by atoms with Crippen LogP contribution in [0, 0.1) is 0 Å². The molecule has 2 aromatic rings. The van der Waals surface area contributed by atoms with Crippen LogP contribution in [-0.4, -0.2) is 5.84 Å². The van der Waals surface area contributed by atoms with Crippen molar-refractivity contribution in [3.8, 4) is 0 Å². The maximum atomic E-state index is 5.10. The average Bonchev–Trinajstić information content (AvgIpc) is 2.88. The van der Waals surface area contributed by atoms with Gasteiger partial charge in [0, 0.05) is 28.7 Å². The standard InChI is InChI=1S/C11H7N2O/c1-2-9-6-14-7-10(9)5-8(1)11-12-3-4-13-11/h1-7H. The lowest BCUT2D eigenvalue weighted by Crippen LogP contribution is -2.07. The topological polar surface area (TPSA) is 39.6 Å². The molecule has 3 nitrogen and oxygen atoms in total. The van der Waals surface area contributed by atoms with Crippen LogP contribution in [0.15, 0.2) is 52.5 Å². The molecule has 1 aromatic carbocycles. The largest absolute Gasteiger partial charge is 0.471 e. The number of furan rings is 1. The Bertz CT molecular complexity index is 537. The molecule has 0 aliphatic carbocycles. The third-order valence-electron chi connectivity index (χ3n) is 2.20. The fourth-order valence-electron chi connectivity index (χ4n) is 1.49. The van der Waals surface area contributed by atoms with Crippen molar-refractivity contribution in [2.24, 2.45) is 4.99 Å². The molecule has 1 radical (unpaired) electrons. The van der Waals surface area contributed by atoms with E-state index in [0.717, 1.165) is 22.2 Å². The third kappa shape index (κ3) is 1.03. The molecule has 3 rings (SSSR count). The Balaban J connectivity index is 2.13. The summed E-state index contributed by atoms with van der Waals surface area (Å²) >= 11 is 0. The van der Waals surface area contributed by atoms with Crippen molar-refractivity contribution in [1.29, 1.82) is 0 Å². The molecular weight excluding hydrogens is 176 g/mol. The van der Waals surface area contributed by atoms with E-state index in [4.69, 9.17) is 4.42 Å². The van der Waals surface area contributed by atoms with Gasteiger partial charge >= 0.3 is 0 Å². The number of amidine groups is 1. The van der Waals surface area contributed by atoms with Crippen LogP contribution in [0.2, 0.25) is 0 Å². The van der Waals surface area contributed by atoms with Gasteiger partial charge in [-0.1, -0.05) is 12.1 Å². The fraction of sp³-hybridized carbons (Fsp3) is 0. The van der Waals surface area contributed by atoms with E-state index in [1.165, 1.54) is 0 Å². The first-order valence-electron chi connectivity index (χ1n) is 4.33. The molecule has 0 saturated carbocycles. The predicted molar refractivity (Wildman–Crippen MR) is 54.0 cm³/mol. The Morgan fingerprint density at radius 1 is 1.00 bits per heavy atom. The van der Waals surface area contributed by atoms with Crippen molar-refractivity contribution >= 4 is 16.6 Å². The van der Waals surface area contributed by atoms with E-state index < -0.39 is 0 Å². The Hall–Kier alpha value is -2.03. The second-order valence-electron chi connectivity index (χ2n) is 3.10. The molecule has 67 valence electrons. The summed E-state index contributed by atoms with van der Waals surface area (Å²) in [7, 11) is 0. The molecule has 1 aromatic heterocycles. The monoisotopic (exact) mass is 183 g/mol. The van der Waals surface area contributed by atoms with Crippen molar-refractivity contribution in [3.05, 3.63) is 48.7 Å². The first-order chi connectivity index (χ1) is 6.93. The van der Waals surface area contributed by atoms with Gasteiger partial charge in [-0.25, -0.2) is 10.3 Å². The number of fused-ring (bicyclic) bond motifs is 1. The number of hydrogen-bond acceptors (Lipinski definition) is 2. The highest BCUT2D eigenvalue weighted by atomic mass is 16.3. The minimum atomic E-state index is 0.758. The number of rotatable bonds is 1. The van der Waals surface area contributed by atoms with Crippen molar-refractivity contribution < 1.29 is 4.42 Å². The minimum Gasteiger partial charge on any atom is -0.471 e. The quantitative estimate of drug-likeness (QED) is 0.668. The van der Waals surface area contributed by atoms with E-state index in [1.54, 1.807) is 24.9 Å². The lowest BCUT2D eigenvalue weighted by molar-refractivity contribution is 0.572. The first kappa shape index (κ1) is 7.38. The maximum Gasteiger partial charge on any atom is 0.159 e. The average molecular weight is 183 g/mol. The fourth-order valence-corrected chi connectivity index (χ4v) is 1.49. The Morgan fingerprint density at radius 3 is 2.79 bits per heavy atom. The van der Waals surface area contributed by atoms with E-state index in [-0.39, 0.29) is 0 Å². The molecule has 0 spiro atoms. The number of hydrogen-bond donors (Lipinski definition) is 0. The second-order valence-corrected chi connectivity index (χ2v) is 3.10. The molecular formula is C11H7N2O. The van der Waals surface area contributed by atoms with Crippen molar-refractivity contribution in [3.63, 3.8) is 0 Å². The van der Waals surface area contributed by atoms with Gasteiger partial charge in [0.2, 0.25) is 0 Å². The van der Waals surface area contributed by atoms with Crippen molar-refractivity contribution in [2.75, 3.05) is 0 Å². The van der Waals surface area contributed by atoms with Gasteiger partial charge in [0.1, 0.15) is 0 Å². The van der Waals surface area contributed by atoms with E-state index >= 15 is 0 Å². The van der Waals surface area contributed by atoms with E-state index in [9.17, 15) is 0 Å². The van der Waals surface area contributed by atoms with Gasteiger partial charge in [0.25, 0.3) is 0 Å². The minimum absolute atomic E-state index is 0.758. The van der Waals surface area contributed by atoms with Gasteiger partial charge in [0.05, 0.1) is 12.5 Å². The summed E-state index contributed by atoms with van der Waals surface area (Å²) in [5.74, 6) is 0.758. The molecule has 1 aliphatic heterocycles. The summed E-state index contributed by atoms with van der Waals surface area (Å²) in [5, 5.41) is 6.31. The van der Waals surface area contributed by atoms with Gasteiger partial charge < -0.3 is 4.42 Å². The number of nitrogens with zero attached hydrogens (tertiary/aromatic N) is 2. The van der Waals surface area contributed by atoms with E-state index in [0.29, 0.717) is 0 Å². The Morgan fingerprint density at radius 2 is 1.93 bits per heavy atom. The molecule has 0 saturated heterocycles. The Labute approximate surface area is 80.8 Å². The maximum absolute atomic E-state index is 5.10. The molecule has 3 heteroatoms. The zero-order valence-corrected chi connectivity index (χ0v) is 7.34. The normalized spacial score (nSPS) is 14.4. The van der Waals surface area contributed by atoms with E-state index in [2.05, 4.69) is 10.3 Å². The highest BCUT2D eigenvalue weighted by Gasteiger charge is 2.07. The summed E-state index contributed by atoms with van der Waals surface area (Å²) in [6, 6.07) is 6.02. The van der Waals surface area contributed by atoms with Crippen LogP contribution in [0.25, 0.3) is 10.8 Å². The summed E-state index contributed by atoms with van der Waals surface area (Å²) in [6.45, 7) is 0. The van der Waals surface area contributed by atoms with Crippen molar-refractivity contribution in [2.45, 2.75) is 0 Å². The molecule has 0 N–H and O–H groups in total. The lowest BCUT2D eigenvalue weighted by Gasteiger charge is -1.98. The molecule has 14 heavy (non-hydrogen) atoms. The van der Waals surface area contributed by atoms with Crippen LogP contribution in [0.1, 0.15) is 5.56 Å². The highest BCUT2D eigenvalue weighted by Crippen LogP contribution is 2.17. The Kier molecular flexibility index (Phi) is 1.44. The zero-order chi connectivity index (χ0) is 9.38. The lowest BCUT2D eigenvalue weighted by atomic mass is 10.1. The molecule has 0 unspecified atom stereocenters. The molecule has 0 amide bonds. The summed E-state index contributed by atoms with van der Waals surface area (Å²) in [4.78, 5) is 4.14. The van der Waals surface area contributed by atoms with Crippen LogP contribution in [-0.2, 0) is 0 Å². The van der Waals surface area contributed by atoms with Gasteiger partial charge in [-0.05, 0) is 6.07 Å². The third-order valence-corrected chi connectivity index (χ3v) is 2.20.